The minimum Gasteiger partial charge on any atom is -0.491 e. The number of carboxylic acid groups (broad SMARTS) is 2. The standard InChI is InChI=1S/C23H38N2O4.C2H2O4/c1-3-5-6-11-17-28-22-13-8-7-12-21(22)24-23(26)29-20(19-27-16-4-2)18-25-14-9-10-15-25;3-1(4)2(5)6/h7-8,12-13,20H,3-6,9-11,14-19H2,1-2H3,(H,24,26);(H,3,4)(H,5,6). The van der Waals surface area contributed by atoms with Gasteiger partial charge in [0.25, 0.3) is 0 Å². The van der Waals surface area contributed by atoms with Gasteiger partial charge in [0.05, 0.1) is 18.9 Å². The molecule has 0 radical (unpaired) electrons. The molecule has 1 aliphatic rings. The van der Waals surface area contributed by atoms with Crippen LogP contribution in [0, 0.1) is 0 Å². The first kappa shape index (κ1) is 30.2. The number of para-hydroxylation sites is 2. The molecule has 0 spiro atoms. The highest BCUT2D eigenvalue weighted by molar-refractivity contribution is 6.27. The Morgan fingerprint density at radius 3 is 2.29 bits per heavy atom. The zero-order valence-corrected chi connectivity index (χ0v) is 20.9. The molecule has 0 aliphatic carbocycles. The number of hydrogen-bond acceptors (Lipinski definition) is 7. The summed E-state index contributed by atoms with van der Waals surface area (Å²) in [7, 11) is 0. The molecule has 1 amide bonds. The second kappa shape index (κ2) is 18.5. The lowest BCUT2D eigenvalue weighted by atomic mass is 10.2. The molecule has 1 heterocycles. The minimum atomic E-state index is -1.82. The zero-order chi connectivity index (χ0) is 25.9. The van der Waals surface area contributed by atoms with E-state index in [0.717, 1.165) is 32.4 Å². The van der Waals surface area contributed by atoms with Gasteiger partial charge in [0, 0.05) is 13.2 Å². The molecular weight excluding hydrogens is 456 g/mol. The van der Waals surface area contributed by atoms with Gasteiger partial charge in [-0.1, -0.05) is 45.2 Å². The quantitative estimate of drug-likeness (QED) is 0.255. The van der Waals surface area contributed by atoms with Crippen LogP contribution in [0.15, 0.2) is 24.3 Å². The topological polar surface area (TPSA) is 135 Å². The number of nitrogens with zero attached hydrogens (tertiary/aromatic N) is 1. The summed E-state index contributed by atoms with van der Waals surface area (Å²) in [4.78, 5) is 33.1. The number of unbranched alkanes of at least 4 members (excludes halogenated alkanes) is 3. The Morgan fingerprint density at radius 1 is 0.971 bits per heavy atom. The van der Waals surface area contributed by atoms with Gasteiger partial charge in [0.2, 0.25) is 0 Å². The number of amides is 1. The number of anilines is 1. The third kappa shape index (κ3) is 14.2. The molecule has 1 aliphatic heterocycles. The van der Waals surface area contributed by atoms with Crippen molar-refractivity contribution in [3.05, 3.63) is 24.3 Å². The van der Waals surface area contributed by atoms with E-state index < -0.39 is 18.0 Å². The van der Waals surface area contributed by atoms with Crippen LogP contribution < -0.4 is 10.1 Å². The van der Waals surface area contributed by atoms with Crippen molar-refractivity contribution in [2.45, 2.75) is 64.9 Å². The average Bonchev–Trinajstić information content (AvgIpc) is 3.33. The Kier molecular flexibility index (Phi) is 15.9. The third-order valence-corrected chi connectivity index (χ3v) is 5.15. The van der Waals surface area contributed by atoms with Crippen LogP contribution in [0.5, 0.6) is 5.75 Å². The number of benzene rings is 1. The molecule has 2 rings (SSSR count). The van der Waals surface area contributed by atoms with Gasteiger partial charge in [-0.25, -0.2) is 14.4 Å². The highest BCUT2D eigenvalue weighted by Gasteiger charge is 2.21. The smallest absolute Gasteiger partial charge is 0.414 e. The van der Waals surface area contributed by atoms with Crippen LogP contribution in [0.2, 0.25) is 0 Å². The summed E-state index contributed by atoms with van der Waals surface area (Å²) >= 11 is 0. The summed E-state index contributed by atoms with van der Waals surface area (Å²) < 4.78 is 17.2. The molecule has 1 atom stereocenters. The van der Waals surface area contributed by atoms with Gasteiger partial charge in [0.15, 0.2) is 0 Å². The maximum absolute atomic E-state index is 12.5. The first-order valence-electron chi connectivity index (χ1n) is 12.3. The Bertz CT molecular complexity index is 741. The largest absolute Gasteiger partial charge is 0.491 e. The molecule has 198 valence electrons. The van der Waals surface area contributed by atoms with Gasteiger partial charge in [-0.3, -0.25) is 10.2 Å². The average molecular weight is 497 g/mol. The summed E-state index contributed by atoms with van der Waals surface area (Å²) in [6, 6.07) is 7.51. The SMILES string of the molecule is CCCCCCOc1ccccc1NC(=O)OC(COCCC)CN1CCCC1.O=C(O)C(=O)O. The Balaban J connectivity index is 0.000000905. The predicted octanol–water partition coefficient (Wildman–Crippen LogP) is 4.24. The molecule has 10 nitrogen and oxygen atoms in total. The van der Waals surface area contributed by atoms with Crippen molar-refractivity contribution in [1.29, 1.82) is 0 Å². The second-order valence-corrected chi connectivity index (χ2v) is 8.25. The van der Waals surface area contributed by atoms with Crippen LogP contribution in [0.1, 0.15) is 58.8 Å². The summed E-state index contributed by atoms with van der Waals surface area (Å²) in [5.41, 5.74) is 0.641. The van der Waals surface area contributed by atoms with E-state index in [1.54, 1.807) is 0 Å². The molecule has 3 N–H and O–H groups in total. The summed E-state index contributed by atoms with van der Waals surface area (Å²) in [6.45, 7) is 8.85. The Labute approximate surface area is 207 Å². The van der Waals surface area contributed by atoms with E-state index in [1.165, 1.54) is 25.7 Å². The van der Waals surface area contributed by atoms with Gasteiger partial charge in [-0.2, -0.15) is 0 Å². The van der Waals surface area contributed by atoms with Gasteiger partial charge >= 0.3 is 18.0 Å². The van der Waals surface area contributed by atoms with Crippen LogP contribution in [0.25, 0.3) is 0 Å². The first-order chi connectivity index (χ1) is 16.9. The fourth-order valence-corrected chi connectivity index (χ4v) is 3.43. The fraction of sp³-hybridized carbons (Fsp3) is 0.640. The van der Waals surface area contributed by atoms with E-state index in [2.05, 4.69) is 24.1 Å². The number of carbonyl (C=O) groups excluding carboxylic acids is 1. The molecule has 1 unspecified atom stereocenters. The normalized spacial score (nSPS) is 13.9. The van der Waals surface area contributed by atoms with Crippen LogP contribution in [0.3, 0.4) is 0 Å². The van der Waals surface area contributed by atoms with Crippen molar-refractivity contribution in [2.75, 3.05) is 44.8 Å². The van der Waals surface area contributed by atoms with Crippen LogP contribution in [-0.4, -0.2) is 78.7 Å². The van der Waals surface area contributed by atoms with E-state index >= 15 is 0 Å². The molecular formula is C25H40N2O8. The van der Waals surface area contributed by atoms with E-state index in [0.29, 0.717) is 37.8 Å². The van der Waals surface area contributed by atoms with Crippen molar-refractivity contribution >= 4 is 23.7 Å². The molecule has 1 aromatic carbocycles. The lowest BCUT2D eigenvalue weighted by Gasteiger charge is -2.24. The highest BCUT2D eigenvalue weighted by Crippen LogP contribution is 2.24. The van der Waals surface area contributed by atoms with Gasteiger partial charge in [-0.15, -0.1) is 0 Å². The summed E-state index contributed by atoms with van der Waals surface area (Å²) in [6.07, 6.45) is 7.21. The lowest BCUT2D eigenvalue weighted by molar-refractivity contribution is -0.159. The third-order valence-electron chi connectivity index (χ3n) is 5.15. The van der Waals surface area contributed by atoms with Crippen LogP contribution in [-0.2, 0) is 19.1 Å². The number of ether oxygens (including phenoxy) is 3. The lowest BCUT2D eigenvalue weighted by Crippen LogP contribution is -2.37. The fourth-order valence-electron chi connectivity index (χ4n) is 3.43. The van der Waals surface area contributed by atoms with E-state index in [-0.39, 0.29) is 6.10 Å². The first-order valence-corrected chi connectivity index (χ1v) is 12.3. The van der Waals surface area contributed by atoms with Gasteiger partial charge < -0.3 is 24.4 Å². The maximum Gasteiger partial charge on any atom is 0.414 e. The molecule has 1 saturated heterocycles. The van der Waals surface area contributed by atoms with Gasteiger partial charge in [-0.05, 0) is 50.9 Å². The van der Waals surface area contributed by atoms with Crippen LogP contribution in [0.4, 0.5) is 10.5 Å². The number of nitrogens with one attached hydrogen (secondary N) is 1. The van der Waals surface area contributed by atoms with E-state index in [1.807, 2.05) is 24.3 Å². The molecule has 10 heteroatoms. The van der Waals surface area contributed by atoms with Crippen LogP contribution >= 0.6 is 0 Å². The number of carboxylic acids is 2. The maximum atomic E-state index is 12.5. The Hall–Kier alpha value is -2.85. The van der Waals surface area contributed by atoms with Crippen molar-refractivity contribution < 1.29 is 38.8 Å². The molecule has 0 aromatic heterocycles. The number of aliphatic carboxylic acids is 2. The predicted molar refractivity (Wildman–Crippen MR) is 132 cm³/mol. The Morgan fingerprint density at radius 2 is 1.66 bits per heavy atom. The number of rotatable bonds is 14. The monoisotopic (exact) mass is 496 g/mol. The van der Waals surface area contributed by atoms with Crippen molar-refractivity contribution in [2.24, 2.45) is 0 Å². The molecule has 1 fully saturated rings. The second-order valence-electron chi connectivity index (χ2n) is 8.25. The van der Waals surface area contributed by atoms with Crippen molar-refractivity contribution in [3.63, 3.8) is 0 Å². The van der Waals surface area contributed by atoms with Crippen molar-refractivity contribution in [1.82, 2.24) is 4.90 Å². The van der Waals surface area contributed by atoms with Gasteiger partial charge in [0.1, 0.15) is 11.9 Å². The van der Waals surface area contributed by atoms with E-state index in [4.69, 9.17) is 34.0 Å². The highest BCUT2D eigenvalue weighted by atomic mass is 16.6. The van der Waals surface area contributed by atoms with E-state index in [9.17, 15) is 4.79 Å². The molecule has 0 bridgehead atoms. The summed E-state index contributed by atoms with van der Waals surface area (Å²) in [5, 5.41) is 17.6. The molecule has 1 aromatic rings. The van der Waals surface area contributed by atoms with Crippen molar-refractivity contribution in [3.8, 4) is 5.75 Å². The molecule has 0 saturated carbocycles. The summed E-state index contributed by atoms with van der Waals surface area (Å²) in [5.74, 6) is -2.97. The number of hydrogen-bond donors (Lipinski definition) is 3. The molecule has 35 heavy (non-hydrogen) atoms. The number of likely N-dealkylation sites (tertiary alicyclic amines) is 1. The number of carbonyl (C=O) groups is 3. The zero-order valence-electron chi connectivity index (χ0n) is 20.9. The minimum absolute atomic E-state index is 0.276.